The lowest BCUT2D eigenvalue weighted by Gasteiger charge is -2.25. The van der Waals surface area contributed by atoms with Gasteiger partial charge in [-0.15, -0.1) is 0 Å². The molecule has 122 valence electrons. The highest BCUT2D eigenvalue weighted by Gasteiger charge is 2.39. The number of hydrogen-bond donors (Lipinski definition) is 1. The molecule has 0 bridgehead atoms. The van der Waals surface area contributed by atoms with Crippen molar-refractivity contribution in [3.8, 4) is 0 Å². The molecule has 0 aliphatic rings. The molecule has 0 aromatic heterocycles. The van der Waals surface area contributed by atoms with Gasteiger partial charge in [0.2, 0.25) is 5.91 Å². The molecule has 0 saturated heterocycles. The van der Waals surface area contributed by atoms with Crippen molar-refractivity contribution in [1.29, 1.82) is 0 Å². The monoisotopic (exact) mass is 328 g/mol. The van der Waals surface area contributed by atoms with Gasteiger partial charge in [-0.25, -0.2) is 0 Å². The molecule has 4 nitrogen and oxygen atoms in total. The highest BCUT2D eigenvalue weighted by Crippen LogP contribution is 2.23. The largest absolute Gasteiger partial charge is 0.406 e. The fourth-order valence-corrected chi connectivity index (χ4v) is 1.62. The number of rotatable bonds is 4. The molecule has 1 aromatic rings. The molecule has 0 fully saturated rings. The summed E-state index contributed by atoms with van der Waals surface area (Å²) >= 11 is 0. The number of halogens is 6. The van der Waals surface area contributed by atoms with E-state index in [4.69, 9.17) is 5.73 Å². The molecule has 0 saturated carbocycles. The van der Waals surface area contributed by atoms with E-state index in [1.807, 2.05) is 0 Å². The van der Waals surface area contributed by atoms with Crippen molar-refractivity contribution < 1.29 is 35.9 Å². The van der Waals surface area contributed by atoms with E-state index in [0.717, 1.165) is 18.2 Å². The highest BCUT2D eigenvalue weighted by atomic mass is 19.4. The summed E-state index contributed by atoms with van der Waals surface area (Å²) in [6, 6.07) is 4.14. The van der Waals surface area contributed by atoms with Crippen LogP contribution in [0.15, 0.2) is 24.3 Å². The van der Waals surface area contributed by atoms with Crippen LogP contribution in [0.2, 0.25) is 0 Å². The Morgan fingerprint density at radius 1 is 0.955 bits per heavy atom. The van der Waals surface area contributed by atoms with Crippen molar-refractivity contribution in [3.05, 3.63) is 35.4 Å². The maximum atomic E-state index is 12.3. The third kappa shape index (κ3) is 5.62. The summed E-state index contributed by atoms with van der Waals surface area (Å²) in [5.41, 5.74) is 4.24. The summed E-state index contributed by atoms with van der Waals surface area (Å²) in [6.07, 6.45) is -10.00. The fraction of sp³-hybridized carbons (Fsp3) is 0.333. The van der Waals surface area contributed by atoms with Crippen molar-refractivity contribution in [2.24, 2.45) is 5.73 Å². The van der Waals surface area contributed by atoms with Crippen LogP contribution in [-0.4, -0.2) is 42.2 Å². The number of carbonyl (C=O) groups is 2. The van der Waals surface area contributed by atoms with Gasteiger partial charge in [-0.1, -0.05) is 6.07 Å². The van der Waals surface area contributed by atoms with Gasteiger partial charge in [-0.05, 0) is 18.2 Å². The Bertz CT molecular complexity index is 551. The Morgan fingerprint density at radius 3 is 1.82 bits per heavy atom. The van der Waals surface area contributed by atoms with Gasteiger partial charge in [-0.2, -0.15) is 26.3 Å². The van der Waals surface area contributed by atoms with Crippen LogP contribution < -0.4 is 5.73 Å². The van der Waals surface area contributed by atoms with Crippen LogP contribution in [0.3, 0.4) is 0 Å². The molecule has 22 heavy (non-hydrogen) atoms. The van der Waals surface area contributed by atoms with Gasteiger partial charge < -0.3 is 10.6 Å². The minimum atomic E-state index is -5.00. The van der Waals surface area contributed by atoms with Crippen molar-refractivity contribution in [2.75, 3.05) is 13.1 Å². The summed E-state index contributed by atoms with van der Waals surface area (Å²) < 4.78 is 74.0. The van der Waals surface area contributed by atoms with Gasteiger partial charge in [0.15, 0.2) is 0 Å². The number of benzene rings is 1. The first-order valence-electron chi connectivity index (χ1n) is 5.72. The third-order valence-electron chi connectivity index (χ3n) is 2.42. The van der Waals surface area contributed by atoms with Crippen molar-refractivity contribution in [1.82, 2.24) is 4.90 Å². The fourth-order valence-electron chi connectivity index (χ4n) is 1.62. The molecule has 2 amide bonds. The summed E-state index contributed by atoms with van der Waals surface area (Å²) in [5, 5.41) is 0. The lowest BCUT2D eigenvalue weighted by molar-refractivity contribution is -0.171. The Kier molecular flexibility index (Phi) is 5.05. The third-order valence-corrected chi connectivity index (χ3v) is 2.42. The van der Waals surface area contributed by atoms with Crippen LogP contribution in [0, 0.1) is 0 Å². The predicted octanol–water partition coefficient (Wildman–Crippen LogP) is 2.35. The molecule has 0 heterocycles. The van der Waals surface area contributed by atoms with Gasteiger partial charge in [0.25, 0.3) is 5.91 Å². The molecule has 0 aliphatic carbocycles. The number of primary amides is 1. The second-order valence-corrected chi connectivity index (χ2v) is 4.34. The molecule has 1 aromatic carbocycles. The van der Waals surface area contributed by atoms with Gasteiger partial charge in [-0.3, -0.25) is 9.59 Å². The number of alkyl halides is 6. The average Bonchev–Trinajstić information content (AvgIpc) is 2.34. The van der Waals surface area contributed by atoms with E-state index in [0.29, 0.717) is 0 Å². The van der Waals surface area contributed by atoms with E-state index < -0.39 is 42.8 Å². The molecule has 2 N–H and O–H groups in total. The zero-order chi connectivity index (χ0) is 17.1. The number of nitrogens with two attached hydrogens (primary N) is 1. The maximum Gasteiger partial charge on any atom is 0.406 e. The Morgan fingerprint density at radius 2 is 1.41 bits per heavy atom. The minimum absolute atomic E-state index is 0.204. The van der Waals surface area contributed by atoms with Crippen LogP contribution in [0.25, 0.3) is 0 Å². The van der Waals surface area contributed by atoms with E-state index in [-0.39, 0.29) is 10.5 Å². The Balaban J connectivity index is 3.10. The first-order valence-corrected chi connectivity index (χ1v) is 5.72. The minimum Gasteiger partial charge on any atom is -0.366 e. The number of hydrogen-bond acceptors (Lipinski definition) is 2. The van der Waals surface area contributed by atoms with E-state index in [9.17, 15) is 35.9 Å². The summed E-state index contributed by atoms with van der Waals surface area (Å²) in [4.78, 5) is 22.4. The summed E-state index contributed by atoms with van der Waals surface area (Å²) in [6.45, 7) is -4.13. The van der Waals surface area contributed by atoms with E-state index in [1.54, 1.807) is 0 Å². The second kappa shape index (κ2) is 6.24. The Hall–Kier alpha value is -2.26. The van der Waals surface area contributed by atoms with Crippen LogP contribution in [0.1, 0.15) is 20.7 Å². The quantitative estimate of drug-likeness (QED) is 0.863. The van der Waals surface area contributed by atoms with Crippen molar-refractivity contribution in [3.63, 3.8) is 0 Å². The number of carbonyl (C=O) groups excluding carboxylic acids is 2. The van der Waals surface area contributed by atoms with E-state index in [2.05, 4.69) is 0 Å². The lowest BCUT2D eigenvalue weighted by atomic mass is 10.1. The molecule has 0 spiro atoms. The SMILES string of the molecule is NC(=O)c1cccc(C(=O)N(CC(F)(F)F)CC(F)(F)F)c1. The van der Waals surface area contributed by atoms with Crippen LogP contribution in [-0.2, 0) is 0 Å². The maximum absolute atomic E-state index is 12.3. The number of nitrogens with zero attached hydrogens (tertiary/aromatic N) is 1. The highest BCUT2D eigenvalue weighted by molar-refractivity contribution is 5.99. The zero-order valence-electron chi connectivity index (χ0n) is 10.8. The van der Waals surface area contributed by atoms with Crippen LogP contribution >= 0.6 is 0 Å². The van der Waals surface area contributed by atoms with E-state index >= 15 is 0 Å². The topological polar surface area (TPSA) is 63.4 Å². The molecule has 10 heteroatoms. The average molecular weight is 328 g/mol. The van der Waals surface area contributed by atoms with Crippen LogP contribution in [0.5, 0.6) is 0 Å². The summed E-state index contributed by atoms with van der Waals surface area (Å²) in [5.74, 6) is -2.47. The van der Waals surface area contributed by atoms with Crippen molar-refractivity contribution >= 4 is 11.8 Å². The normalized spacial score (nSPS) is 12.1. The molecule has 1 rings (SSSR count). The predicted molar refractivity (Wildman–Crippen MR) is 63.0 cm³/mol. The zero-order valence-corrected chi connectivity index (χ0v) is 10.8. The lowest BCUT2D eigenvalue weighted by Crippen LogP contribution is -2.44. The Labute approximate surface area is 120 Å². The second-order valence-electron chi connectivity index (χ2n) is 4.34. The van der Waals surface area contributed by atoms with E-state index in [1.165, 1.54) is 6.07 Å². The molecule has 0 aliphatic heterocycles. The standard InChI is InChI=1S/C12H10F6N2O2/c13-11(14,15)5-20(6-12(16,17)18)10(22)8-3-1-2-7(4-8)9(19)21/h1-4H,5-6H2,(H2,19,21). The molecule has 0 unspecified atom stereocenters. The first-order chi connectivity index (χ1) is 9.89. The number of amides is 2. The van der Waals surface area contributed by atoms with Crippen molar-refractivity contribution in [2.45, 2.75) is 12.4 Å². The van der Waals surface area contributed by atoms with Gasteiger partial charge in [0.05, 0.1) is 0 Å². The molecule has 0 atom stereocenters. The smallest absolute Gasteiger partial charge is 0.366 e. The molecular formula is C12H10F6N2O2. The molecular weight excluding hydrogens is 318 g/mol. The van der Waals surface area contributed by atoms with Gasteiger partial charge >= 0.3 is 12.4 Å². The molecule has 0 radical (unpaired) electrons. The van der Waals surface area contributed by atoms with Crippen LogP contribution in [0.4, 0.5) is 26.3 Å². The summed E-state index contributed by atoms with van der Waals surface area (Å²) in [7, 11) is 0. The van der Waals surface area contributed by atoms with Gasteiger partial charge in [0, 0.05) is 11.1 Å². The first kappa shape index (κ1) is 17.8. The van der Waals surface area contributed by atoms with Gasteiger partial charge in [0.1, 0.15) is 13.1 Å².